The Morgan fingerprint density at radius 3 is 2.89 bits per heavy atom. The molecule has 27 heavy (non-hydrogen) atoms. The molecule has 2 fully saturated rings. The summed E-state index contributed by atoms with van der Waals surface area (Å²) >= 11 is 5.77. The van der Waals surface area contributed by atoms with Crippen molar-refractivity contribution in [3.63, 3.8) is 0 Å². The quantitative estimate of drug-likeness (QED) is 0.609. The van der Waals surface area contributed by atoms with Crippen molar-refractivity contribution in [3.05, 3.63) is 53.5 Å². The Morgan fingerprint density at radius 1 is 1.33 bits per heavy atom. The number of hydrogen-bond donors (Lipinski definition) is 1. The van der Waals surface area contributed by atoms with Crippen LogP contribution in [0.15, 0.2) is 36.7 Å². The average Bonchev–Trinajstić information content (AvgIpc) is 3.12. The van der Waals surface area contributed by atoms with E-state index in [0.717, 1.165) is 31.4 Å². The van der Waals surface area contributed by atoms with Gasteiger partial charge in [0.05, 0.1) is 11.9 Å². The molecule has 4 rings (SSSR count). The molecule has 2 aromatic heterocycles. The fraction of sp³-hybridized carbons (Fsp3) is 0.368. The predicted octanol–water partition coefficient (Wildman–Crippen LogP) is 2.57. The highest BCUT2D eigenvalue weighted by molar-refractivity contribution is 6.28. The number of pyridine rings is 1. The van der Waals surface area contributed by atoms with Crippen LogP contribution >= 0.6 is 11.6 Å². The number of piperidine rings is 1. The zero-order valence-corrected chi connectivity index (χ0v) is 15.3. The maximum Gasteiger partial charge on any atom is 0.244 e. The molecule has 8 heteroatoms. The van der Waals surface area contributed by atoms with E-state index in [0.29, 0.717) is 24.3 Å². The number of hydrogen-bond acceptors (Lipinski definition) is 5. The smallest absolute Gasteiger partial charge is 0.244 e. The summed E-state index contributed by atoms with van der Waals surface area (Å²) in [6, 6.07) is 5.55. The number of halogens is 2. The summed E-state index contributed by atoms with van der Waals surface area (Å²) < 4.78 is 13.9. The van der Waals surface area contributed by atoms with Gasteiger partial charge in [0.1, 0.15) is 0 Å². The Hall–Kier alpha value is -2.54. The van der Waals surface area contributed by atoms with E-state index >= 15 is 0 Å². The second kappa shape index (κ2) is 7.60. The monoisotopic (exact) mass is 387 g/mol. The average molecular weight is 388 g/mol. The zero-order valence-electron chi connectivity index (χ0n) is 14.6. The summed E-state index contributed by atoms with van der Waals surface area (Å²) in [5.74, 6) is 1.35. The van der Waals surface area contributed by atoms with Crippen LogP contribution in [-0.4, -0.2) is 40.5 Å². The Labute approximate surface area is 161 Å². The first-order valence-corrected chi connectivity index (χ1v) is 9.29. The summed E-state index contributed by atoms with van der Waals surface area (Å²) in [5, 5.41) is 2.97. The fourth-order valence-corrected chi connectivity index (χ4v) is 4.00. The molecule has 3 atom stereocenters. The summed E-state index contributed by atoms with van der Waals surface area (Å²) in [6.45, 7) is 2.18. The van der Waals surface area contributed by atoms with E-state index in [-0.39, 0.29) is 17.0 Å². The lowest BCUT2D eigenvalue weighted by molar-refractivity contribution is -0.116. The molecule has 1 amide bonds. The van der Waals surface area contributed by atoms with Crippen molar-refractivity contribution in [2.24, 2.45) is 17.8 Å². The number of carbonyl (C=O) groups is 1. The largest absolute Gasteiger partial charge is 0.353 e. The lowest BCUT2D eigenvalue weighted by atomic mass is 10.2. The van der Waals surface area contributed by atoms with Crippen LogP contribution in [0, 0.1) is 23.6 Å². The molecular formula is C19H19ClFN5O. The van der Waals surface area contributed by atoms with Crippen LogP contribution in [0.1, 0.15) is 12.1 Å². The van der Waals surface area contributed by atoms with Crippen molar-refractivity contribution < 1.29 is 9.18 Å². The van der Waals surface area contributed by atoms with Crippen LogP contribution in [0.2, 0.25) is 5.28 Å². The van der Waals surface area contributed by atoms with Gasteiger partial charge in [-0.2, -0.15) is 4.98 Å². The van der Waals surface area contributed by atoms with Crippen LogP contribution < -0.4 is 10.2 Å². The minimum absolute atomic E-state index is 0.0602. The maximum atomic E-state index is 13.9. The predicted molar refractivity (Wildman–Crippen MR) is 101 cm³/mol. The number of nitrogens with one attached hydrogen (secondary N) is 1. The number of anilines is 1. The molecule has 0 unspecified atom stereocenters. The van der Waals surface area contributed by atoms with E-state index in [1.807, 2.05) is 23.1 Å². The molecule has 0 radical (unpaired) electrons. The molecule has 140 valence electrons. The van der Waals surface area contributed by atoms with Gasteiger partial charge in [0.15, 0.2) is 11.6 Å². The Bertz CT molecular complexity index is 850. The molecule has 1 N–H and O–H groups in total. The molecule has 2 aliphatic rings. The highest BCUT2D eigenvalue weighted by Gasteiger charge is 2.55. The Balaban J connectivity index is 1.20. The van der Waals surface area contributed by atoms with E-state index in [1.165, 1.54) is 6.08 Å². The number of rotatable bonds is 6. The van der Waals surface area contributed by atoms with E-state index in [9.17, 15) is 9.18 Å². The molecule has 1 saturated carbocycles. The first kappa shape index (κ1) is 17.9. The second-order valence-electron chi connectivity index (χ2n) is 6.87. The minimum atomic E-state index is -0.441. The van der Waals surface area contributed by atoms with Crippen LogP contribution in [0.25, 0.3) is 6.08 Å². The van der Waals surface area contributed by atoms with Crippen molar-refractivity contribution in [1.29, 1.82) is 0 Å². The minimum Gasteiger partial charge on any atom is -0.353 e. The van der Waals surface area contributed by atoms with E-state index in [2.05, 4.69) is 20.3 Å². The molecule has 1 aliphatic heterocycles. The molecule has 0 bridgehead atoms. The van der Waals surface area contributed by atoms with Gasteiger partial charge in [-0.15, -0.1) is 0 Å². The van der Waals surface area contributed by atoms with Crippen LogP contribution in [0.4, 0.5) is 10.2 Å². The lowest BCUT2D eigenvalue weighted by Gasteiger charge is -2.21. The maximum absolute atomic E-state index is 13.9. The first-order valence-electron chi connectivity index (χ1n) is 8.92. The Kier molecular flexibility index (Phi) is 5.03. The van der Waals surface area contributed by atoms with Gasteiger partial charge in [0, 0.05) is 31.9 Å². The third kappa shape index (κ3) is 4.08. The molecular weight excluding hydrogens is 369 g/mol. The number of nitrogens with zero attached hydrogens (tertiary/aromatic N) is 4. The molecule has 2 aromatic rings. The molecule has 1 saturated heterocycles. The summed E-state index contributed by atoms with van der Waals surface area (Å²) in [5.41, 5.74) is 0.751. The lowest BCUT2D eigenvalue weighted by Crippen LogP contribution is -2.28. The van der Waals surface area contributed by atoms with E-state index in [1.54, 1.807) is 12.3 Å². The van der Waals surface area contributed by atoms with Crippen LogP contribution in [-0.2, 0) is 4.79 Å². The highest BCUT2D eigenvalue weighted by atomic mass is 35.5. The van der Waals surface area contributed by atoms with Gasteiger partial charge in [0.25, 0.3) is 0 Å². The van der Waals surface area contributed by atoms with Gasteiger partial charge >= 0.3 is 0 Å². The highest BCUT2D eigenvalue weighted by Crippen LogP contribution is 2.54. The summed E-state index contributed by atoms with van der Waals surface area (Å²) in [7, 11) is 0. The number of amides is 1. The van der Waals surface area contributed by atoms with Gasteiger partial charge in [-0.3, -0.25) is 9.78 Å². The summed E-state index contributed by atoms with van der Waals surface area (Å²) in [4.78, 5) is 25.6. The van der Waals surface area contributed by atoms with Gasteiger partial charge in [0.2, 0.25) is 11.2 Å². The van der Waals surface area contributed by atoms with Crippen LogP contribution in [0.5, 0.6) is 0 Å². The molecule has 1 aliphatic carbocycles. The van der Waals surface area contributed by atoms with Crippen molar-refractivity contribution in [1.82, 2.24) is 20.3 Å². The second-order valence-corrected chi connectivity index (χ2v) is 7.21. The van der Waals surface area contributed by atoms with Crippen molar-refractivity contribution in [2.45, 2.75) is 6.42 Å². The van der Waals surface area contributed by atoms with Crippen LogP contribution in [0.3, 0.4) is 0 Å². The number of aromatic nitrogens is 3. The number of fused-ring (bicyclic) bond motifs is 1. The standard InChI is InChI=1S/C19H19ClFN5O/c20-19-24-9-16(21)18(25-19)26-10-14-13(15(14)11-26)6-8-23-17(27)5-4-12-3-1-2-7-22-12/h1-5,7,9,13-15H,6,8,10-11H2,(H,23,27)/b5-4+/t13-,14-,15+. The van der Waals surface area contributed by atoms with E-state index in [4.69, 9.17) is 11.6 Å². The molecule has 0 spiro atoms. The van der Waals surface area contributed by atoms with Gasteiger partial charge in [-0.25, -0.2) is 9.37 Å². The van der Waals surface area contributed by atoms with Crippen molar-refractivity contribution >= 4 is 29.4 Å². The zero-order chi connectivity index (χ0) is 18.8. The first-order chi connectivity index (χ1) is 13.1. The van der Waals surface area contributed by atoms with Gasteiger partial charge in [-0.05, 0) is 54.0 Å². The van der Waals surface area contributed by atoms with Gasteiger partial charge in [-0.1, -0.05) is 6.07 Å². The van der Waals surface area contributed by atoms with E-state index < -0.39 is 5.82 Å². The molecule has 6 nitrogen and oxygen atoms in total. The third-order valence-corrected chi connectivity index (χ3v) is 5.42. The SMILES string of the molecule is O=C(/C=C/c1ccccn1)NCC[C@@H]1[C@H]2CN(c3nc(Cl)ncc3F)C[C@@H]12. The molecule has 3 heterocycles. The summed E-state index contributed by atoms with van der Waals surface area (Å²) in [6.07, 6.45) is 6.92. The molecule has 0 aromatic carbocycles. The number of carbonyl (C=O) groups excluding carboxylic acids is 1. The van der Waals surface area contributed by atoms with Crippen molar-refractivity contribution in [3.8, 4) is 0 Å². The Morgan fingerprint density at radius 2 is 2.15 bits per heavy atom. The van der Waals surface area contributed by atoms with Gasteiger partial charge < -0.3 is 10.2 Å². The fourth-order valence-electron chi connectivity index (χ4n) is 3.87. The topological polar surface area (TPSA) is 71.0 Å². The third-order valence-electron chi connectivity index (χ3n) is 5.24. The normalized spacial score (nSPS) is 23.5. The van der Waals surface area contributed by atoms with Crippen molar-refractivity contribution in [2.75, 3.05) is 24.5 Å².